The van der Waals surface area contributed by atoms with E-state index in [-0.39, 0.29) is 11.2 Å². The molecule has 0 radical (unpaired) electrons. The molecule has 0 bridgehead atoms. The number of benzene rings is 2. The van der Waals surface area contributed by atoms with Crippen molar-refractivity contribution >= 4 is 34.8 Å². The Hall–Kier alpha value is -2.93. The van der Waals surface area contributed by atoms with Crippen LogP contribution in [0.5, 0.6) is 17.2 Å². The first-order chi connectivity index (χ1) is 13.9. The highest BCUT2D eigenvalue weighted by Gasteiger charge is 2.41. The summed E-state index contributed by atoms with van der Waals surface area (Å²) in [4.78, 5) is 28.3. The minimum atomic E-state index is -0.394. The molecule has 0 saturated heterocycles. The number of anilines is 1. The van der Waals surface area contributed by atoms with Gasteiger partial charge >= 0.3 is 0 Å². The fourth-order valence-electron chi connectivity index (χ4n) is 3.06. The van der Waals surface area contributed by atoms with E-state index in [9.17, 15) is 9.59 Å². The fourth-order valence-corrected chi connectivity index (χ4v) is 4.04. The smallest absolute Gasteiger partial charge is 0.272 e. The lowest BCUT2D eigenvalue weighted by Gasteiger charge is -2.19. The predicted octanol–water partition coefficient (Wildman–Crippen LogP) is 4.14. The average molecular weight is 413 g/mol. The summed E-state index contributed by atoms with van der Waals surface area (Å²) in [6.07, 6.45) is 0. The number of ether oxygens (including phenoxy) is 3. The van der Waals surface area contributed by atoms with E-state index >= 15 is 0 Å². The molecule has 1 heterocycles. The number of imide groups is 1. The first-order valence-electron chi connectivity index (χ1n) is 9.07. The third-order valence-corrected chi connectivity index (χ3v) is 5.49. The maximum atomic E-state index is 13.4. The van der Waals surface area contributed by atoms with Crippen molar-refractivity contribution in [3.8, 4) is 17.2 Å². The van der Waals surface area contributed by atoms with Crippen LogP contribution in [0.3, 0.4) is 0 Å². The van der Waals surface area contributed by atoms with Gasteiger partial charge in [0.25, 0.3) is 11.8 Å². The molecule has 0 N–H and O–H groups in total. The Kier molecular flexibility index (Phi) is 6.17. The van der Waals surface area contributed by atoms with Crippen molar-refractivity contribution in [2.24, 2.45) is 0 Å². The number of nitrogens with zero attached hydrogens (tertiary/aromatic N) is 1. The molecule has 0 atom stereocenters. The van der Waals surface area contributed by atoms with Crippen LogP contribution in [0.15, 0.2) is 47.4 Å². The molecule has 0 saturated carbocycles. The summed E-state index contributed by atoms with van der Waals surface area (Å²) in [5.41, 5.74) is 1.39. The average Bonchev–Trinajstić information content (AvgIpc) is 2.96. The van der Waals surface area contributed by atoms with E-state index < -0.39 is 5.91 Å². The Balaban J connectivity index is 2.13. The topological polar surface area (TPSA) is 65.1 Å². The lowest BCUT2D eigenvalue weighted by atomic mass is 10.1. The Labute approximate surface area is 174 Å². The molecule has 2 aromatic rings. The van der Waals surface area contributed by atoms with Crippen LogP contribution in [0.1, 0.15) is 19.4 Å². The van der Waals surface area contributed by atoms with Gasteiger partial charge in [-0.15, -0.1) is 11.8 Å². The van der Waals surface area contributed by atoms with Crippen molar-refractivity contribution in [2.75, 3.05) is 26.2 Å². The summed E-state index contributed by atoms with van der Waals surface area (Å²) in [6, 6.07) is 12.1. The summed E-state index contributed by atoms with van der Waals surface area (Å²) in [7, 11) is 4.60. The predicted molar refractivity (Wildman–Crippen MR) is 115 cm³/mol. The van der Waals surface area contributed by atoms with Crippen LogP contribution in [-0.4, -0.2) is 38.4 Å². The highest BCUT2D eigenvalue weighted by molar-refractivity contribution is 8.04. The largest absolute Gasteiger partial charge is 0.497 e. The minimum absolute atomic E-state index is 0.127. The third-order valence-electron chi connectivity index (χ3n) is 4.40. The Bertz CT molecular complexity index is 966. The van der Waals surface area contributed by atoms with Gasteiger partial charge in [-0.2, -0.15) is 0 Å². The minimum Gasteiger partial charge on any atom is -0.497 e. The van der Waals surface area contributed by atoms with Crippen molar-refractivity contribution in [2.45, 2.75) is 19.1 Å². The molecule has 0 spiro atoms. The molecule has 2 aromatic carbocycles. The second kappa shape index (κ2) is 8.61. The van der Waals surface area contributed by atoms with Gasteiger partial charge in [-0.05, 0) is 29.8 Å². The molecule has 0 unspecified atom stereocenters. The molecular formula is C22H23NO5S. The zero-order chi connectivity index (χ0) is 21.1. The van der Waals surface area contributed by atoms with Gasteiger partial charge < -0.3 is 14.2 Å². The summed E-state index contributed by atoms with van der Waals surface area (Å²) in [6.45, 7) is 3.96. The van der Waals surface area contributed by atoms with E-state index in [2.05, 4.69) is 0 Å². The standard InChI is InChI=1S/C22H23NO5S/c1-13(2)29-20-19(14-6-8-15(26-3)9-7-14)21(24)23(22(20)25)17-12-16(27-4)10-11-18(17)28-5/h6-13H,1-5H3. The Morgan fingerprint density at radius 2 is 1.45 bits per heavy atom. The third kappa shape index (κ3) is 3.96. The van der Waals surface area contributed by atoms with E-state index in [1.165, 1.54) is 26.0 Å². The molecule has 0 aromatic heterocycles. The monoisotopic (exact) mass is 413 g/mol. The van der Waals surface area contributed by atoms with Crippen LogP contribution in [0.2, 0.25) is 0 Å². The maximum Gasteiger partial charge on any atom is 0.272 e. The van der Waals surface area contributed by atoms with Crippen molar-refractivity contribution in [1.29, 1.82) is 0 Å². The van der Waals surface area contributed by atoms with Crippen molar-refractivity contribution < 1.29 is 23.8 Å². The molecule has 0 fully saturated rings. The summed E-state index contributed by atoms with van der Waals surface area (Å²) >= 11 is 1.37. The highest BCUT2D eigenvalue weighted by Crippen LogP contribution is 2.43. The fraction of sp³-hybridized carbons (Fsp3) is 0.273. The van der Waals surface area contributed by atoms with Crippen LogP contribution in [-0.2, 0) is 9.59 Å². The van der Waals surface area contributed by atoms with Gasteiger partial charge in [-0.1, -0.05) is 26.0 Å². The number of thioether (sulfide) groups is 1. The van der Waals surface area contributed by atoms with E-state index in [0.717, 1.165) is 4.90 Å². The van der Waals surface area contributed by atoms with Gasteiger partial charge in [0.05, 0.1) is 37.5 Å². The van der Waals surface area contributed by atoms with Crippen molar-refractivity contribution in [3.05, 3.63) is 52.9 Å². The van der Waals surface area contributed by atoms with Crippen molar-refractivity contribution in [3.63, 3.8) is 0 Å². The summed E-state index contributed by atoms with van der Waals surface area (Å²) in [5, 5.41) is 0.127. The molecule has 1 aliphatic heterocycles. The van der Waals surface area contributed by atoms with Crippen LogP contribution in [0.25, 0.3) is 5.57 Å². The van der Waals surface area contributed by atoms with Gasteiger partial charge in [-0.25, -0.2) is 4.90 Å². The second-order valence-corrected chi connectivity index (χ2v) is 8.17. The molecule has 1 aliphatic rings. The lowest BCUT2D eigenvalue weighted by molar-refractivity contribution is -0.119. The van der Waals surface area contributed by atoms with E-state index in [1.807, 2.05) is 13.8 Å². The van der Waals surface area contributed by atoms with E-state index in [0.29, 0.717) is 39.0 Å². The Morgan fingerprint density at radius 3 is 2.00 bits per heavy atom. The van der Waals surface area contributed by atoms with Gasteiger partial charge in [0.1, 0.15) is 17.2 Å². The molecule has 6 nitrogen and oxygen atoms in total. The molecule has 29 heavy (non-hydrogen) atoms. The second-order valence-electron chi connectivity index (χ2n) is 6.58. The van der Waals surface area contributed by atoms with Crippen LogP contribution >= 0.6 is 11.8 Å². The summed E-state index contributed by atoms with van der Waals surface area (Å²) < 4.78 is 15.9. The highest BCUT2D eigenvalue weighted by atomic mass is 32.2. The number of amides is 2. The van der Waals surface area contributed by atoms with E-state index in [1.54, 1.807) is 49.6 Å². The molecule has 0 aliphatic carbocycles. The van der Waals surface area contributed by atoms with Crippen LogP contribution in [0.4, 0.5) is 5.69 Å². The number of hydrogen-bond donors (Lipinski definition) is 0. The van der Waals surface area contributed by atoms with Crippen LogP contribution in [0, 0.1) is 0 Å². The van der Waals surface area contributed by atoms with Gasteiger partial charge in [-0.3, -0.25) is 9.59 Å². The van der Waals surface area contributed by atoms with E-state index in [4.69, 9.17) is 14.2 Å². The zero-order valence-corrected chi connectivity index (χ0v) is 17.8. The molecular weight excluding hydrogens is 390 g/mol. The molecule has 3 rings (SSSR count). The van der Waals surface area contributed by atoms with Crippen LogP contribution < -0.4 is 19.1 Å². The molecule has 2 amide bonds. The zero-order valence-electron chi connectivity index (χ0n) is 17.0. The number of carbonyl (C=O) groups excluding carboxylic acids is 2. The summed E-state index contributed by atoms with van der Waals surface area (Å²) in [5.74, 6) is 0.853. The molecule has 152 valence electrons. The lowest BCUT2D eigenvalue weighted by Crippen LogP contribution is -2.31. The number of carbonyl (C=O) groups is 2. The maximum absolute atomic E-state index is 13.4. The SMILES string of the molecule is COc1ccc(C2=C(SC(C)C)C(=O)N(c3cc(OC)ccc3OC)C2=O)cc1. The number of hydrogen-bond acceptors (Lipinski definition) is 6. The first-order valence-corrected chi connectivity index (χ1v) is 9.95. The van der Waals surface area contributed by atoms with Gasteiger partial charge in [0.2, 0.25) is 0 Å². The molecule has 7 heteroatoms. The Morgan fingerprint density at radius 1 is 0.828 bits per heavy atom. The quantitative estimate of drug-likeness (QED) is 0.636. The van der Waals surface area contributed by atoms with Crippen molar-refractivity contribution in [1.82, 2.24) is 0 Å². The first kappa shape index (κ1) is 20.8. The number of rotatable bonds is 7. The number of methoxy groups -OCH3 is 3. The normalized spacial score (nSPS) is 14.1. The van der Waals surface area contributed by atoms with Gasteiger partial charge in [0, 0.05) is 11.3 Å². The van der Waals surface area contributed by atoms with Gasteiger partial charge in [0.15, 0.2) is 0 Å².